The normalized spacial score (nSPS) is 22.6. The van der Waals surface area contributed by atoms with E-state index < -0.39 is 0 Å². The summed E-state index contributed by atoms with van der Waals surface area (Å²) in [6, 6.07) is 2.55. The van der Waals surface area contributed by atoms with Gasteiger partial charge in [-0.3, -0.25) is 0 Å². The Balaban J connectivity index is 2.12. The van der Waals surface area contributed by atoms with Crippen LogP contribution in [0.4, 0.5) is 11.6 Å². The molecule has 5 heteroatoms. The molecule has 1 aliphatic carbocycles. The molecule has 1 aromatic rings. The fourth-order valence-corrected chi connectivity index (χ4v) is 3.70. The number of thioether (sulfide) groups is 1. The van der Waals surface area contributed by atoms with Crippen LogP contribution in [0.25, 0.3) is 0 Å². The lowest BCUT2D eigenvalue weighted by molar-refractivity contribution is 0.474. The van der Waals surface area contributed by atoms with Crippen LogP contribution in [0.15, 0.2) is 6.07 Å². The SMILES string of the molecule is CCCc1nc(NC)cc(NC2CCCCC2SC)n1. The third-order valence-corrected chi connectivity index (χ3v) is 5.01. The third-order valence-electron chi connectivity index (χ3n) is 3.84. The van der Waals surface area contributed by atoms with E-state index in [1.54, 1.807) is 0 Å². The molecule has 0 saturated heterocycles. The van der Waals surface area contributed by atoms with Gasteiger partial charge in [0.15, 0.2) is 0 Å². The highest BCUT2D eigenvalue weighted by Gasteiger charge is 2.24. The summed E-state index contributed by atoms with van der Waals surface area (Å²) in [6.45, 7) is 2.16. The minimum atomic E-state index is 0.535. The quantitative estimate of drug-likeness (QED) is 0.840. The Morgan fingerprint density at radius 1 is 1.25 bits per heavy atom. The fourth-order valence-electron chi connectivity index (χ4n) is 2.77. The summed E-state index contributed by atoms with van der Waals surface area (Å²) in [4.78, 5) is 9.17. The lowest BCUT2D eigenvalue weighted by atomic mass is 9.95. The smallest absolute Gasteiger partial charge is 0.133 e. The number of nitrogens with one attached hydrogen (secondary N) is 2. The van der Waals surface area contributed by atoms with Crippen molar-refractivity contribution in [3.05, 3.63) is 11.9 Å². The largest absolute Gasteiger partial charge is 0.373 e. The molecule has 112 valence electrons. The minimum Gasteiger partial charge on any atom is -0.373 e. The van der Waals surface area contributed by atoms with Crippen LogP contribution >= 0.6 is 11.8 Å². The van der Waals surface area contributed by atoms with Crippen LogP contribution in [0.1, 0.15) is 44.9 Å². The number of rotatable bonds is 6. The van der Waals surface area contributed by atoms with Gasteiger partial charge < -0.3 is 10.6 Å². The van der Waals surface area contributed by atoms with Crippen molar-refractivity contribution in [2.75, 3.05) is 23.9 Å². The Bertz CT molecular complexity index is 424. The van der Waals surface area contributed by atoms with Crippen molar-refractivity contribution in [2.24, 2.45) is 0 Å². The second-order valence-electron chi connectivity index (χ2n) is 5.36. The lowest BCUT2D eigenvalue weighted by Crippen LogP contribution is -2.34. The first kappa shape index (κ1) is 15.4. The second-order valence-corrected chi connectivity index (χ2v) is 6.44. The number of hydrogen-bond acceptors (Lipinski definition) is 5. The molecule has 1 aliphatic rings. The van der Waals surface area contributed by atoms with Gasteiger partial charge in [-0.25, -0.2) is 9.97 Å². The Labute approximate surface area is 126 Å². The summed E-state index contributed by atoms with van der Waals surface area (Å²) < 4.78 is 0. The highest BCUT2D eigenvalue weighted by Crippen LogP contribution is 2.29. The molecular formula is C15H26N4S. The van der Waals surface area contributed by atoms with Crippen LogP contribution < -0.4 is 10.6 Å². The van der Waals surface area contributed by atoms with E-state index in [2.05, 4.69) is 33.8 Å². The summed E-state index contributed by atoms with van der Waals surface area (Å²) in [5.74, 6) is 2.81. The fraction of sp³-hybridized carbons (Fsp3) is 0.733. The van der Waals surface area contributed by atoms with Crippen LogP contribution in [-0.4, -0.2) is 34.6 Å². The van der Waals surface area contributed by atoms with Crippen LogP contribution in [0.5, 0.6) is 0 Å². The lowest BCUT2D eigenvalue weighted by Gasteiger charge is -2.31. The van der Waals surface area contributed by atoms with Gasteiger partial charge in [0.2, 0.25) is 0 Å². The molecule has 0 radical (unpaired) electrons. The molecule has 1 saturated carbocycles. The molecule has 0 aliphatic heterocycles. The molecule has 1 fully saturated rings. The van der Waals surface area contributed by atoms with Crippen molar-refractivity contribution in [1.29, 1.82) is 0 Å². The summed E-state index contributed by atoms with van der Waals surface area (Å²) in [6.07, 6.45) is 9.45. The highest BCUT2D eigenvalue weighted by atomic mass is 32.2. The van der Waals surface area contributed by atoms with E-state index in [9.17, 15) is 0 Å². The van der Waals surface area contributed by atoms with Crippen molar-refractivity contribution in [3.63, 3.8) is 0 Å². The molecule has 1 aromatic heterocycles. The van der Waals surface area contributed by atoms with Gasteiger partial charge in [-0.05, 0) is 25.5 Å². The molecule has 4 nitrogen and oxygen atoms in total. The predicted molar refractivity (Wildman–Crippen MR) is 88.8 cm³/mol. The molecule has 0 aromatic carbocycles. The number of aromatic nitrogens is 2. The predicted octanol–water partition coefficient (Wildman–Crippen LogP) is 3.56. The second kappa shape index (κ2) is 7.72. The van der Waals surface area contributed by atoms with Gasteiger partial charge in [0, 0.05) is 30.8 Å². The molecule has 2 atom stereocenters. The molecule has 0 amide bonds. The monoisotopic (exact) mass is 294 g/mol. The highest BCUT2D eigenvalue weighted by molar-refractivity contribution is 7.99. The van der Waals surface area contributed by atoms with Crippen molar-refractivity contribution in [1.82, 2.24) is 9.97 Å². The van der Waals surface area contributed by atoms with E-state index >= 15 is 0 Å². The van der Waals surface area contributed by atoms with Crippen LogP contribution in [0.2, 0.25) is 0 Å². The zero-order chi connectivity index (χ0) is 14.4. The van der Waals surface area contributed by atoms with Gasteiger partial charge in [0.25, 0.3) is 0 Å². The topological polar surface area (TPSA) is 49.8 Å². The van der Waals surface area contributed by atoms with Crippen molar-refractivity contribution < 1.29 is 0 Å². The Kier molecular flexibility index (Phi) is 5.95. The molecule has 2 unspecified atom stereocenters. The van der Waals surface area contributed by atoms with E-state index in [1.807, 2.05) is 24.9 Å². The van der Waals surface area contributed by atoms with E-state index in [-0.39, 0.29) is 0 Å². The van der Waals surface area contributed by atoms with Crippen molar-refractivity contribution >= 4 is 23.4 Å². The van der Waals surface area contributed by atoms with Gasteiger partial charge in [-0.15, -0.1) is 0 Å². The number of hydrogen-bond donors (Lipinski definition) is 2. The molecule has 0 bridgehead atoms. The first-order chi connectivity index (χ1) is 9.76. The van der Waals surface area contributed by atoms with E-state index in [4.69, 9.17) is 0 Å². The summed E-state index contributed by atoms with van der Waals surface area (Å²) in [5.41, 5.74) is 0. The van der Waals surface area contributed by atoms with Crippen molar-refractivity contribution in [2.45, 2.75) is 56.7 Å². The van der Waals surface area contributed by atoms with Gasteiger partial charge in [0.05, 0.1) is 0 Å². The Morgan fingerprint density at radius 2 is 2.00 bits per heavy atom. The summed E-state index contributed by atoms with van der Waals surface area (Å²) in [7, 11) is 1.91. The van der Waals surface area contributed by atoms with Crippen LogP contribution in [0, 0.1) is 0 Å². The number of nitrogens with zero attached hydrogens (tertiary/aromatic N) is 2. The van der Waals surface area contributed by atoms with Crippen LogP contribution in [-0.2, 0) is 6.42 Å². The average molecular weight is 294 g/mol. The number of anilines is 2. The zero-order valence-corrected chi connectivity index (χ0v) is 13.6. The molecule has 2 N–H and O–H groups in total. The first-order valence-electron chi connectivity index (χ1n) is 7.61. The number of aryl methyl sites for hydroxylation is 1. The standard InChI is InChI=1S/C15H26N4S/c1-4-7-13-18-14(16-2)10-15(19-13)17-11-8-5-6-9-12(11)20-3/h10-12H,4-9H2,1-3H3,(H2,16,17,18,19). The minimum absolute atomic E-state index is 0.535. The third kappa shape index (κ3) is 4.01. The molecular weight excluding hydrogens is 268 g/mol. The molecule has 0 spiro atoms. The van der Waals surface area contributed by atoms with E-state index in [0.29, 0.717) is 11.3 Å². The molecule has 20 heavy (non-hydrogen) atoms. The summed E-state index contributed by atoms with van der Waals surface area (Å²) >= 11 is 1.98. The van der Waals surface area contributed by atoms with E-state index in [1.165, 1.54) is 25.7 Å². The van der Waals surface area contributed by atoms with Crippen molar-refractivity contribution in [3.8, 4) is 0 Å². The maximum absolute atomic E-state index is 4.66. The Hall–Kier alpha value is -0.970. The van der Waals surface area contributed by atoms with Gasteiger partial charge in [-0.2, -0.15) is 11.8 Å². The van der Waals surface area contributed by atoms with Crippen LogP contribution in [0.3, 0.4) is 0 Å². The maximum Gasteiger partial charge on any atom is 0.133 e. The zero-order valence-electron chi connectivity index (χ0n) is 12.8. The molecule has 2 rings (SSSR count). The first-order valence-corrected chi connectivity index (χ1v) is 8.90. The van der Waals surface area contributed by atoms with E-state index in [0.717, 1.165) is 30.3 Å². The maximum atomic E-state index is 4.66. The molecule has 1 heterocycles. The van der Waals surface area contributed by atoms with Gasteiger partial charge in [0.1, 0.15) is 17.5 Å². The Morgan fingerprint density at radius 3 is 2.70 bits per heavy atom. The average Bonchev–Trinajstić information content (AvgIpc) is 2.48. The van der Waals surface area contributed by atoms with Gasteiger partial charge in [-0.1, -0.05) is 19.8 Å². The summed E-state index contributed by atoms with van der Waals surface area (Å²) in [5, 5.41) is 7.48. The van der Waals surface area contributed by atoms with Gasteiger partial charge >= 0.3 is 0 Å².